The highest BCUT2D eigenvalue weighted by Crippen LogP contribution is 2.37. The normalized spacial score (nSPS) is 16.3. The van der Waals surface area contributed by atoms with Gasteiger partial charge in [0.05, 0.1) is 24.2 Å². The Bertz CT molecular complexity index is 1540. The summed E-state index contributed by atoms with van der Waals surface area (Å²) in [6.45, 7) is 14.5. The number of nitrogen functional groups attached to an aromatic ring is 1. The molecule has 1 aliphatic heterocycles. The average Bonchev–Trinajstić information content (AvgIpc) is 3.37. The molecule has 0 aliphatic carbocycles. The van der Waals surface area contributed by atoms with Crippen molar-refractivity contribution >= 4 is 25.0 Å². The van der Waals surface area contributed by atoms with Crippen molar-refractivity contribution in [2.75, 3.05) is 25.6 Å². The van der Waals surface area contributed by atoms with Gasteiger partial charge in [-0.1, -0.05) is 20.8 Å². The van der Waals surface area contributed by atoms with E-state index in [1.54, 1.807) is 12.3 Å². The standard InChI is InChI=1S/C31H40FN5O3Si/c1-20-15-25(32)26(33)18-23(20)21-16-27(36-28(17-21)38-13-14-40-41(5,6)31(2,3)4)22-10-11-34-30-24(22)19-35-37(30)29-9-7-8-12-39-29/h10-11,15-19,29H,7-9,12-14,33H2,1-6H3. The third-order valence-electron chi connectivity index (χ3n) is 8.26. The number of pyridine rings is 2. The van der Waals surface area contributed by atoms with Gasteiger partial charge in [0.25, 0.3) is 0 Å². The number of fused-ring (bicyclic) bond motifs is 1. The van der Waals surface area contributed by atoms with E-state index in [9.17, 15) is 4.39 Å². The first-order valence-corrected chi connectivity index (χ1v) is 17.1. The predicted octanol–water partition coefficient (Wildman–Crippen LogP) is 7.29. The van der Waals surface area contributed by atoms with Crippen LogP contribution < -0.4 is 10.5 Å². The Kier molecular flexibility index (Phi) is 8.18. The lowest BCUT2D eigenvalue weighted by atomic mass is 9.98. The summed E-state index contributed by atoms with van der Waals surface area (Å²) in [4.78, 5) is 9.52. The molecular formula is C31H40FN5O3Si. The molecule has 2 N–H and O–H groups in total. The van der Waals surface area contributed by atoms with E-state index in [0.29, 0.717) is 24.8 Å². The Morgan fingerprint density at radius 3 is 2.66 bits per heavy atom. The minimum absolute atomic E-state index is 0.0919. The van der Waals surface area contributed by atoms with Crippen molar-refractivity contribution in [3.8, 4) is 28.3 Å². The molecule has 1 unspecified atom stereocenters. The first-order valence-electron chi connectivity index (χ1n) is 14.2. The fourth-order valence-corrected chi connectivity index (χ4v) is 5.86. The molecule has 0 radical (unpaired) electrons. The first-order chi connectivity index (χ1) is 19.4. The molecule has 4 aromatic rings. The maximum Gasteiger partial charge on any atom is 0.214 e. The van der Waals surface area contributed by atoms with Crippen molar-refractivity contribution in [3.05, 3.63) is 54.1 Å². The lowest BCUT2D eigenvalue weighted by molar-refractivity contribution is -0.0370. The van der Waals surface area contributed by atoms with E-state index in [1.807, 2.05) is 36.0 Å². The summed E-state index contributed by atoms with van der Waals surface area (Å²) in [5.41, 5.74) is 10.8. The van der Waals surface area contributed by atoms with Gasteiger partial charge in [0, 0.05) is 29.8 Å². The molecule has 3 aromatic heterocycles. The minimum atomic E-state index is -1.91. The van der Waals surface area contributed by atoms with E-state index in [1.165, 1.54) is 6.07 Å². The van der Waals surface area contributed by atoms with Gasteiger partial charge in [0.1, 0.15) is 12.4 Å². The number of anilines is 1. The number of hydrogen-bond donors (Lipinski definition) is 1. The van der Waals surface area contributed by atoms with Crippen molar-refractivity contribution in [1.82, 2.24) is 19.7 Å². The number of rotatable bonds is 8. The Balaban J connectivity index is 1.52. The van der Waals surface area contributed by atoms with Crippen LogP contribution in [0.5, 0.6) is 5.88 Å². The van der Waals surface area contributed by atoms with E-state index in [-0.39, 0.29) is 17.0 Å². The molecule has 1 aromatic carbocycles. The van der Waals surface area contributed by atoms with E-state index in [0.717, 1.165) is 59.2 Å². The fraction of sp³-hybridized carbons (Fsp3) is 0.452. The predicted molar refractivity (Wildman–Crippen MR) is 163 cm³/mol. The molecule has 4 heterocycles. The fourth-order valence-electron chi connectivity index (χ4n) is 4.83. The van der Waals surface area contributed by atoms with Crippen LogP contribution in [0.25, 0.3) is 33.4 Å². The largest absolute Gasteiger partial charge is 0.475 e. The Labute approximate surface area is 242 Å². The van der Waals surface area contributed by atoms with Gasteiger partial charge >= 0.3 is 0 Å². The Morgan fingerprint density at radius 1 is 1.12 bits per heavy atom. The van der Waals surface area contributed by atoms with E-state index >= 15 is 0 Å². The summed E-state index contributed by atoms with van der Waals surface area (Å²) in [5.74, 6) is 0.0135. The summed E-state index contributed by atoms with van der Waals surface area (Å²) in [6.07, 6.45) is 6.50. The molecule has 218 valence electrons. The molecule has 5 rings (SSSR count). The number of nitrogens with two attached hydrogens (primary N) is 1. The zero-order valence-corrected chi connectivity index (χ0v) is 25.8. The van der Waals surface area contributed by atoms with Crippen molar-refractivity contribution < 1.29 is 18.3 Å². The molecule has 8 nitrogen and oxygen atoms in total. The lowest BCUT2D eigenvalue weighted by Gasteiger charge is -2.36. The van der Waals surface area contributed by atoms with Crippen molar-refractivity contribution in [1.29, 1.82) is 0 Å². The summed E-state index contributed by atoms with van der Waals surface area (Å²) >= 11 is 0. The van der Waals surface area contributed by atoms with Gasteiger partial charge in [-0.25, -0.2) is 19.0 Å². The third kappa shape index (κ3) is 6.14. The molecule has 1 fully saturated rings. The number of benzene rings is 1. The molecule has 0 saturated carbocycles. The number of ether oxygens (including phenoxy) is 2. The minimum Gasteiger partial charge on any atom is -0.475 e. The Hall–Kier alpha value is -3.34. The monoisotopic (exact) mass is 577 g/mol. The molecule has 1 atom stereocenters. The lowest BCUT2D eigenvalue weighted by Crippen LogP contribution is -2.41. The summed E-state index contributed by atoms with van der Waals surface area (Å²) in [6, 6.07) is 8.89. The molecule has 0 amide bonds. The molecule has 1 aliphatic rings. The van der Waals surface area contributed by atoms with Gasteiger partial charge in [-0.3, -0.25) is 0 Å². The second kappa shape index (κ2) is 11.5. The molecule has 0 spiro atoms. The van der Waals surface area contributed by atoms with Crippen LogP contribution in [0.1, 0.15) is 51.8 Å². The zero-order chi connectivity index (χ0) is 29.4. The number of hydrogen-bond acceptors (Lipinski definition) is 7. The van der Waals surface area contributed by atoms with Crippen LogP contribution in [0.4, 0.5) is 10.1 Å². The van der Waals surface area contributed by atoms with Crippen molar-refractivity contribution in [2.24, 2.45) is 0 Å². The second-order valence-electron chi connectivity index (χ2n) is 12.2. The SMILES string of the molecule is Cc1cc(F)c(N)cc1-c1cc(OCCO[Si](C)(C)C(C)(C)C)nc(-c2ccnc3c2cnn3C2CCCCO2)c1. The van der Waals surface area contributed by atoms with Crippen LogP contribution in [0.15, 0.2) is 42.7 Å². The molecule has 1 saturated heterocycles. The van der Waals surface area contributed by atoms with Gasteiger partial charge in [-0.05, 0) is 85.3 Å². The molecule has 41 heavy (non-hydrogen) atoms. The van der Waals surface area contributed by atoms with Crippen molar-refractivity contribution in [2.45, 2.75) is 71.3 Å². The van der Waals surface area contributed by atoms with Crippen LogP contribution in [0, 0.1) is 12.7 Å². The zero-order valence-electron chi connectivity index (χ0n) is 24.8. The number of halogens is 1. The summed E-state index contributed by atoms with van der Waals surface area (Å²) < 4.78 is 34.5. The van der Waals surface area contributed by atoms with Crippen LogP contribution in [-0.2, 0) is 9.16 Å². The number of aryl methyl sites for hydroxylation is 1. The summed E-state index contributed by atoms with van der Waals surface area (Å²) in [7, 11) is -1.91. The van der Waals surface area contributed by atoms with Crippen molar-refractivity contribution in [3.63, 3.8) is 0 Å². The Morgan fingerprint density at radius 2 is 1.93 bits per heavy atom. The van der Waals surface area contributed by atoms with Gasteiger partial charge < -0.3 is 19.6 Å². The van der Waals surface area contributed by atoms with E-state index < -0.39 is 14.1 Å². The van der Waals surface area contributed by atoms with Crippen LogP contribution >= 0.6 is 0 Å². The van der Waals surface area contributed by atoms with Crippen LogP contribution in [0.3, 0.4) is 0 Å². The smallest absolute Gasteiger partial charge is 0.214 e. The highest BCUT2D eigenvalue weighted by atomic mass is 28.4. The van der Waals surface area contributed by atoms with Gasteiger partial charge in [-0.15, -0.1) is 0 Å². The van der Waals surface area contributed by atoms with Gasteiger partial charge in [0.15, 0.2) is 20.2 Å². The molecular weight excluding hydrogens is 537 g/mol. The topological polar surface area (TPSA) is 97.3 Å². The second-order valence-corrected chi connectivity index (χ2v) is 17.0. The van der Waals surface area contributed by atoms with Gasteiger partial charge in [-0.2, -0.15) is 5.10 Å². The van der Waals surface area contributed by atoms with Gasteiger partial charge in [0.2, 0.25) is 5.88 Å². The molecule has 10 heteroatoms. The highest BCUT2D eigenvalue weighted by Gasteiger charge is 2.37. The maximum absolute atomic E-state index is 14.2. The quantitative estimate of drug-likeness (QED) is 0.133. The highest BCUT2D eigenvalue weighted by molar-refractivity contribution is 6.74. The maximum atomic E-state index is 14.2. The number of nitrogens with zero attached hydrogens (tertiary/aromatic N) is 4. The molecule has 0 bridgehead atoms. The summed E-state index contributed by atoms with van der Waals surface area (Å²) in [5, 5.41) is 5.62. The first kappa shape index (κ1) is 29.2. The van der Waals surface area contributed by atoms with E-state index in [2.05, 4.69) is 43.9 Å². The van der Waals surface area contributed by atoms with Crippen LogP contribution in [0.2, 0.25) is 18.1 Å². The van der Waals surface area contributed by atoms with Crippen LogP contribution in [-0.4, -0.2) is 47.9 Å². The average molecular weight is 578 g/mol. The number of aromatic nitrogens is 4. The third-order valence-corrected chi connectivity index (χ3v) is 12.8. The van der Waals surface area contributed by atoms with E-state index in [4.69, 9.17) is 24.6 Å².